The summed E-state index contributed by atoms with van der Waals surface area (Å²) >= 11 is 0. The summed E-state index contributed by atoms with van der Waals surface area (Å²) < 4.78 is 0. The van der Waals surface area contributed by atoms with Crippen LogP contribution < -0.4 is 5.73 Å². The Hall–Kier alpha value is -2.67. The summed E-state index contributed by atoms with van der Waals surface area (Å²) in [4.78, 5) is 28.4. The molecule has 0 spiro atoms. The van der Waals surface area contributed by atoms with Crippen molar-refractivity contribution in [1.29, 1.82) is 0 Å². The lowest BCUT2D eigenvalue weighted by atomic mass is 10.0. The van der Waals surface area contributed by atoms with E-state index in [0.29, 0.717) is 28.3 Å². The van der Waals surface area contributed by atoms with Crippen LogP contribution in [0.3, 0.4) is 0 Å². The van der Waals surface area contributed by atoms with Crippen LogP contribution in [0.5, 0.6) is 0 Å². The first-order valence-corrected chi connectivity index (χ1v) is 7.13. The smallest absolute Gasteiger partial charge is 0.220 e. The van der Waals surface area contributed by atoms with Gasteiger partial charge in [0.05, 0.1) is 11.4 Å². The Kier molecular flexibility index (Phi) is 4.80. The molecule has 120 valence electrons. The van der Waals surface area contributed by atoms with Gasteiger partial charge in [0, 0.05) is 29.1 Å². The van der Waals surface area contributed by atoms with Crippen molar-refractivity contribution < 1.29 is 9.90 Å². The first-order chi connectivity index (χ1) is 10.8. The Bertz CT molecular complexity index is 744. The predicted molar refractivity (Wildman–Crippen MR) is 87.1 cm³/mol. The van der Waals surface area contributed by atoms with Gasteiger partial charge >= 0.3 is 0 Å². The average Bonchev–Trinajstić information content (AvgIpc) is 2.46. The molecule has 2 heterocycles. The number of carbonyl (C=O) groups excluding carboxylic acids is 1. The van der Waals surface area contributed by atoms with Crippen molar-refractivity contribution in [3.63, 3.8) is 0 Å². The Morgan fingerprint density at radius 2 is 1.74 bits per heavy atom. The van der Waals surface area contributed by atoms with Crippen LogP contribution in [0.25, 0.3) is 11.6 Å². The number of aryl methyl sites for hydroxylation is 2. The highest BCUT2D eigenvalue weighted by atomic mass is 16.3. The zero-order valence-corrected chi connectivity index (χ0v) is 13.5. The predicted octanol–water partition coefficient (Wildman–Crippen LogP) is 1.65. The van der Waals surface area contributed by atoms with Crippen molar-refractivity contribution in [2.24, 2.45) is 0 Å². The van der Waals surface area contributed by atoms with Gasteiger partial charge in [-0.25, -0.2) is 19.9 Å². The summed E-state index contributed by atoms with van der Waals surface area (Å²) in [6, 6.07) is 0. The number of aliphatic hydroxyl groups excluding tert-OH is 1. The van der Waals surface area contributed by atoms with E-state index in [2.05, 4.69) is 19.9 Å². The molecule has 0 bridgehead atoms. The van der Waals surface area contributed by atoms with E-state index in [0.717, 1.165) is 5.56 Å². The van der Waals surface area contributed by atoms with Crippen molar-refractivity contribution in [3.8, 4) is 0 Å². The second-order valence-electron chi connectivity index (χ2n) is 5.29. The van der Waals surface area contributed by atoms with Crippen molar-refractivity contribution in [2.75, 3.05) is 5.73 Å². The maximum absolute atomic E-state index is 12.0. The van der Waals surface area contributed by atoms with E-state index in [1.807, 2.05) is 13.8 Å². The number of carbonyl (C=O) groups is 1. The van der Waals surface area contributed by atoms with E-state index < -0.39 is 6.10 Å². The Morgan fingerprint density at radius 3 is 2.17 bits per heavy atom. The number of allylic oxidation sites excluding steroid dienone is 1. The van der Waals surface area contributed by atoms with Crippen molar-refractivity contribution in [3.05, 3.63) is 40.7 Å². The molecule has 1 unspecified atom stereocenters. The van der Waals surface area contributed by atoms with Gasteiger partial charge in [0.2, 0.25) is 5.95 Å². The normalized spacial score (nSPS) is 13.0. The molecule has 0 radical (unpaired) electrons. The number of nitrogens with zero attached hydrogens (tertiary/aromatic N) is 4. The highest BCUT2D eigenvalue weighted by molar-refractivity contribution is 6.24. The van der Waals surface area contributed by atoms with E-state index in [9.17, 15) is 9.90 Å². The van der Waals surface area contributed by atoms with E-state index in [-0.39, 0.29) is 11.7 Å². The van der Waals surface area contributed by atoms with Crippen LogP contribution in [-0.4, -0.2) is 30.8 Å². The molecule has 0 amide bonds. The van der Waals surface area contributed by atoms with Crippen LogP contribution in [0.4, 0.5) is 5.95 Å². The van der Waals surface area contributed by atoms with E-state index in [1.54, 1.807) is 13.0 Å². The molecule has 23 heavy (non-hydrogen) atoms. The summed E-state index contributed by atoms with van der Waals surface area (Å²) in [5.41, 5.74) is 8.75. The van der Waals surface area contributed by atoms with E-state index >= 15 is 0 Å². The zero-order chi connectivity index (χ0) is 17.1. The van der Waals surface area contributed by atoms with Gasteiger partial charge in [0.1, 0.15) is 6.10 Å². The van der Waals surface area contributed by atoms with Crippen LogP contribution in [0, 0.1) is 13.8 Å². The lowest BCUT2D eigenvalue weighted by Gasteiger charge is -2.09. The molecule has 0 saturated heterocycles. The summed E-state index contributed by atoms with van der Waals surface area (Å²) in [7, 11) is 0. The minimum atomic E-state index is -0.760. The minimum absolute atomic E-state index is 0.131. The molecule has 7 heteroatoms. The van der Waals surface area contributed by atoms with E-state index in [4.69, 9.17) is 5.73 Å². The molecule has 2 aromatic rings. The molecule has 7 nitrogen and oxygen atoms in total. The second kappa shape index (κ2) is 6.62. The molecule has 3 N–H and O–H groups in total. The molecule has 0 saturated carbocycles. The molecule has 0 aliphatic carbocycles. The van der Waals surface area contributed by atoms with Gasteiger partial charge < -0.3 is 10.8 Å². The third-order valence-corrected chi connectivity index (χ3v) is 3.37. The first-order valence-electron chi connectivity index (χ1n) is 7.13. The van der Waals surface area contributed by atoms with Gasteiger partial charge in [-0.2, -0.15) is 0 Å². The van der Waals surface area contributed by atoms with Gasteiger partial charge in [-0.15, -0.1) is 0 Å². The molecular weight excluding hydrogens is 294 g/mol. The zero-order valence-electron chi connectivity index (χ0n) is 13.5. The van der Waals surface area contributed by atoms with Crippen LogP contribution >= 0.6 is 0 Å². The largest absolute Gasteiger partial charge is 0.385 e. The second-order valence-corrected chi connectivity index (χ2v) is 5.29. The average molecular weight is 313 g/mol. The number of nitrogen functional groups attached to an aromatic ring is 1. The fourth-order valence-corrected chi connectivity index (χ4v) is 2.19. The van der Waals surface area contributed by atoms with Crippen molar-refractivity contribution >= 4 is 23.4 Å². The number of Topliss-reactive ketones (excluding diaryl/α,β-unsaturated/α-hetero) is 1. The molecule has 2 aromatic heterocycles. The number of aromatic nitrogens is 4. The topological polar surface area (TPSA) is 115 Å². The molecule has 0 fully saturated rings. The molecule has 0 aliphatic rings. The van der Waals surface area contributed by atoms with Crippen LogP contribution in [0.1, 0.15) is 48.3 Å². The summed E-state index contributed by atoms with van der Waals surface area (Å²) in [5, 5.41) is 9.46. The lowest BCUT2D eigenvalue weighted by molar-refractivity contribution is -0.111. The monoisotopic (exact) mass is 313 g/mol. The van der Waals surface area contributed by atoms with Gasteiger partial charge in [-0.3, -0.25) is 4.79 Å². The van der Waals surface area contributed by atoms with Gasteiger partial charge in [-0.05, 0) is 33.8 Å². The third-order valence-electron chi connectivity index (χ3n) is 3.37. The van der Waals surface area contributed by atoms with Crippen molar-refractivity contribution in [2.45, 2.75) is 33.8 Å². The standard InChI is InChI=1S/C16H19N5O2/c1-8-13(9(2)21-16(17)20-8)5-14(10(3)22)12-6-18-15(11(4)23)19-7-12/h5-7,11,23H,1-4H3,(H2,17,20,21)/b14-5+. The van der Waals surface area contributed by atoms with Crippen LogP contribution in [-0.2, 0) is 4.79 Å². The quantitative estimate of drug-likeness (QED) is 0.824. The molecule has 1 atom stereocenters. The van der Waals surface area contributed by atoms with Gasteiger partial charge in [0.25, 0.3) is 0 Å². The number of ketones is 1. The molecule has 0 aliphatic heterocycles. The minimum Gasteiger partial charge on any atom is -0.385 e. The lowest BCUT2D eigenvalue weighted by Crippen LogP contribution is -2.05. The SMILES string of the molecule is CC(=O)/C(=C\c1c(C)nc(N)nc1C)c1cnc(C(C)O)nc1. The maximum atomic E-state index is 12.0. The number of aliphatic hydroxyl groups is 1. The number of nitrogens with two attached hydrogens (primary N) is 1. The maximum Gasteiger partial charge on any atom is 0.220 e. The van der Waals surface area contributed by atoms with Crippen LogP contribution in [0.15, 0.2) is 12.4 Å². The third kappa shape index (κ3) is 3.75. The van der Waals surface area contributed by atoms with Gasteiger partial charge in [0.15, 0.2) is 11.6 Å². The number of hydrogen-bond acceptors (Lipinski definition) is 7. The van der Waals surface area contributed by atoms with E-state index in [1.165, 1.54) is 19.3 Å². The summed E-state index contributed by atoms with van der Waals surface area (Å²) in [5.74, 6) is 0.375. The highest BCUT2D eigenvalue weighted by Gasteiger charge is 2.13. The molecular formula is C16H19N5O2. The first kappa shape index (κ1) is 16.7. The fraction of sp³-hybridized carbons (Fsp3) is 0.312. The Labute approximate surface area is 134 Å². The highest BCUT2D eigenvalue weighted by Crippen LogP contribution is 2.22. The van der Waals surface area contributed by atoms with Gasteiger partial charge in [-0.1, -0.05) is 0 Å². The fourth-order valence-electron chi connectivity index (χ4n) is 2.19. The Morgan fingerprint density at radius 1 is 1.22 bits per heavy atom. The summed E-state index contributed by atoms with van der Waals surface area (Å²) in [6.45, 7) is 6.66. The summed E-state index contributed by atoms with van der Waals surface area (Å²) in [6.07, 6.45) is 3.99. The van der Waals surface area contributed by atoms with Crippen LogP contribution in [0.2, 0.25) is 0 Å². The number of rotatable bonds is 4. The molecule has 2 rings (SSSR count). The molecule has 0 aromatic carbocycles. The van der Waals surface area contributed by atoms with Crippen molar-refractivity contribution in [1.82, 2.24) is 19.9 Å². The number of anilines is 1. The Balaban J connectivity index is 2.53. The number of hydrogen-bond donors (Lipinski definition) is 2.